The molecule has 270 valence electrons. The van der Waals surface area contributed by atoms with E-state index in [9.17, 15) is 0 Å². The average Bonchev–Trinajstić information content (AvgIpc) is 3.95. The van der Waals surface area contributed by atoms with Gasteiger partial charge in [0, 0.05) is 0 Å². The molecule has 0 unspecified atom stereocenters. The van der Waals surface area contributed by atoms with Crippen molar-refractivity contribution in [2.24, 2.45) is 5.92 Å². The molecule has 0 amide bonds. The summed E-state index contributed by atoms with van der Waals surface area (Å²) in [5, 5.41) is 0. The monoisotopic (exact) mass is 862 g/mol. The summed E-state index contributed by atoms with van der Waals surface area (Å²) in [4.78, 5) is 0. The second-order valence-corrected chi connectivity index (χ2v) is 26.8. The van der Waals surface area contributed by atoms with Gasteiger partial charge < -0.3 is 0 Å². The van der Waals surface area contributed by atoms with Crippen molar-refractivity contribution in [1.29, 1.82) is 0 Å². The molecule has 0 aliphatic heterocycles. The van der Waals surface area contributed by atoms with Crippen LogP contribution in [0.1, 0.15) is 116 Å². The largest absolute Gasteiger partial charge is 0.0622 e. The van der Waals surface area contributed by atoms with Crippen LogP contribution in [-0.2, 0) is 44.6 Å². The molecule has 0 atom stereocenters. The zero-order valence-corrected chi connectivity index (χ0v) is 36.6. The van der Waals surface area contributed by atoms with Crippen molar-refractivity contribution < 1.29 is 21.0 Å². The van der Waals surface area contributed by atoms with Crippen molar-refractivity contribution in [3.05, 3.63) is 188 Å². The van der Waals surface area contributed by atoms with E-state index in [0.29, 0.717) is 3.67 Å². The van der Waals surface area contributed by atoms with E-state index in [4.69, 9.17) is 0 Å². The number of benzene rings is 5. The van der Waals surface area contributed by atoms with Crippen LogP contribution in [0.25, 0.3) is 11.1 Å². The van der Waals surface area contributed by atoms with Gasteiger partial charge in [0.05, 0.1) is 0 Å². The van der Waals surface area contributed by atoms with Crippen molar-refractivity contribution in [2.45, 2.75) is 101 Å². The molecule has 0 N–H and O–H groups in total. The van der Waals surface area contributed by atoms with E-state index in [1.165, 1.54) is 59.1 Å². The molecule has 0 aromatic heterocycles. The summed E-state index contributed by atoms with van der Waals surface area (Å²) in [6.07, 6.45) is 16.2. The van der Waals surface area contributed by atoms with E-state index >= 15 is 0 Å². The van der Waals surface area contributed by atoms with Gasteiger partial charge in [-0.1, -0.05) is 60.7 Å². The Hall–Kier alpha value is -3.68. The first-order valence-electron chi connectivity index (χ1n) is 20.1. The topological polar surface area (TPSA) is 0 Å². The third-order valence-corrected chi connectivity index (χ3v) is 24.4. The third-order valence-electron chi connectivity index (χ3n) is 11.7. The van der Waals surface area contributed by atoms with Crippen molar-refractivity contribution in [3.8, 4) is 11.1 Å². The number of fused-ring (bicyclic) bond motifs is 3. The molecular weight excluding hydrogens is 803 g/mol. The number of rotatable bonds is 7. The van der Waals surface area contributed by atoms with Gasteiger partial charge in [-0.3, -0.25) is 0 Å². The summed E-state index contributed by atoms with van der Waals surface area (Å²) < 4.78 is 4.25. The Labute approximate surface area is 328 Å². The number of hydrogen-bond acceptors (Lipinski definition) is 0. The molecule has 0 nitrogen and oxygen atoms in total. The number of aryl methyl sites for hydroxylation is 2. The quantitative estimate of drug-likeness (QED) is 0.143. The molecule has 8 rings (SSSR count). The van der Waals surface area contributed by atoms with Gasteiger partial charge in [-0.15, -0.1) is 0 Å². The second-order valence-electron chi connectivity index (χ2n) is 17.5. The minimum atomic E-state index is -2.72. The molecule has 0 bridgehead atoms. The SMILES string of the molecule is CC(C)(C)c1ccc2c(c1)[CH](/[Hf]([C]1=CC=CC1)=[C](/c1ccccc1)C1CCCC1)c1cc(C(C)(C)C)ccc1-2.c1ccc(CCc2ccccc2)cc1. The molecule has 3 aliphatic rings. The minimum absolute atomic E-state index is 0.141. The summed E-state index contributed by atoms with van der Waals surface area (Å²) in [5.74, 6) is 0.750. The first-order chi connectivity index (χ1) is 25.6. The van der Waals surface area contributed by atoms with Crippen LogP contribution >= 0.6 is 0 Å². The van der Waals surface area contributed by atoms with Crippen LogP contribution in [0.5, 0.6) is 0 Å². The second kappa shape index (κ2) is 16.4. The van der Waals surface area contributed by atoms with Crippen LogP contribution in [-0.4, -0.2) is 3.26 Å². The number of allylic oxidation sites excluding steroid dienone is 4. The molecule has 1 heteroatoms. The molecule has 5 aromatic rings. The fourth-order valence-corrected chi connectivity index (χ4v) is 22.9. The van der Waals surface area contributed by atoms with Crippen LogP contribution in [0, 0.1) is 5.92 Å². The normalized spacial score (nSPS) is 16.1. The Balaban J connectivity index is 0.000000260. The summed E-state index contributed by atoms with van der Waals surface area (Å²) in [5.41, 5.74) is 13.9. The summed E-state index contributed by atoms with van der Waals surface area (Å²) >= 11 is -2.72. The maximum Gasteiger partial charge on any atom is -0.0238 e. The molecule has 0 radical (unpaired) electrons. The maximum atomic E-state index is 2.63. The first kappa shape index (κ1) is 37.6. The van der Waals surface area contributed by atoms with Crippen LogP contribution in [0.2, 0.25) is 0 Å². The zero-order valence-electron chi connectivity index (χ0n) is 33.0. The van der Waals surface area contributed by atoms with Crippen molar-refractivity contribution in [2.75, 3.05) is 0 Å². The van der Waals surface area contributed by atoms with Gasteiger partial charge in [0.15, 0.2) is 0 Å². The van der Waals surface area contributed by atoms with Gasteiger partial charge in [-0.05, 0) is 24.0 Å². The van der Waals surface area contributed by atoms with E-state index in [0.717, 1.165) is 25.2 Å². The predicted molar refractivity (Wildman–Crippen MR) is 226 cm³/mol. The van der Waals surface area contributed by atoms with E-state index < -0.39 is 21.0 Å². The average molecular weight is 862 g/mol. The summed E-state index contributed by atoms with van der Waals surface area (Å²) in [6, 6.07) is 47.9. The maximum absolute atomic E-state index is 2.72. The predicted octanol–water partition coefficient (Wildman–Crippen LogP) is 13.7. The van der Waals surface area contributed by atoms with Gasteiger partial charge in [0.25, 0.3) is 0 Å². The van der Waals surface area contributed by atoms with E-state index in [1.54, 1.807) is 20.0 Å². The molecule has 0 heterocycles. The minimum Gasteiger partial charge on any atom is -0.0622 e. The van der Waals surface area contributed by atoms with Gasteiger partial charge in [0.2, 0.25) is 0 Å². The fourth-order valence-electron chi connectivity index (χ4n) is 8.69. The standard InChI is InChI=1S/C21H25.C14H14.C12H14.C5H5.Hf/c1-20(2,3)16-7-9-18-14(12-16)11-15-13-17(21(4,5)6)8-10-19(15)18;1-3-7-13(8-4-1)11-12-14-9-5-2-6-10-14;1-2-6-11(7-3-1)10-12-8-4-5-9-12;1-2-4-5-3-1;/h7-13H,1-6H3;1-10H,11-12H2;1-3,6-7,12H,4-5,8-9H2;1-3H,4H2;. The summed E-state index contributed by atoms with van der Waals surface area (Å²) in [7, 11) is 0. The van der Waals surface area contributed by atoms with Crippen molar-refractivity contribution in [3.63, 3.8) is 0 Å². The molecule has 1 fully saturated rings. The van der Waals surface area contributed by atoms with E-state index in [2.05, 4.69) is 187 Å². The van der Waals surface area contributed by atoms with E-state index in [-0.39, 0.29) is 10.8 Å². The number of hydrogen-bond donors (Lipinski definition) is 0. The molecule has 0 saturated heterocycles. The molecular formula is C52H58Hf. The smallest absolute Gasteiger partial charge is 0.0238 e. The van der Waals surface area contributed by atoms with Crippen LogP contribution in [0.4, 0.5) is 0 Å². The Morgan fingerprint density at radius 2 is 1.06 bits per heavy atom. The Morgan fingerprint density at radius 1 is 0.585 bits per heavy atom. The molecule has 0 spiro atoms. The summed E-state index contributed by atoms with van der Waals surface area (Å²) in [6.45, 7) is 14.2. The molecule has 1 saturated carbocycles. The molecule has 53 heavy (non-hydrogen) atoms. The fraction of sp³-hybridized carbons (Fsp3) is 0.327. The van der Waals surface area contributed by atoms with Gasteiger partial charge >= 0.3 is 246 Å². The van der Waals surface area contributed by atoms with Crippen LogP contribution in [0.3, 0.4) is 0 Å². The van der Waals surface area contributed by atoms with Crippen LogP contribution in [0.15, 0.2) is 149 Å². The van der Waals surface area contributed by atoms with Crippen molar-refractivity contribution in [1.82, 2.24) is 0 Å². The van der Waals surface area contributed by atoms with Crippen LogP contribution < -0.4 is 0 Å². The van der Waals surface area contributed by atoms with Gasteiger partial charge in [-0.2, -0.15) is 0 Å². The van der Waals surface area contributed by atoms with Gasteiger partial charge in [-0.25, -0.2) is 0 Å². The van der Waals surface area contributed by atoms with Crippen molar-refractivity contribution >= 4 is 3.26 Å². The Morgan fingerprint density at radius 3 is 1.49 bits per heavy atom. The zero-order chi connectivity index (χ0) is 37.0. The molecule has 3 aliphatic carbocycles. The molecule has 5 aromatic carbocycles. The Kier molecular flexibility index (Phi) is 11.6. The van der Waals surface area contributed by atoms with E-state index in [1.807, 2.05) is 3.26 Å². The Bertz CT molecular complexity index is 1990. The third kappa shape index (κ3) is 8.67. The first-order valence-corrected chi connectivity index (χ1v) is 25.8. The van der Waals surface area contributed by atoms with Gasteiger partial charge in [0.1, 0.15) is 0 Å².